The molecule has 0 saturated carbocycles. The first-order valence-electron chi connectivity index (χ1n) is 7.63. The van der Waals surface area contributed by atoms with E-state index in [1.54, 1.807) is 31.4 Å². The Balaban J connectivity index is 2.39. The molecule has 23 heavy (non-hydrogen) atoms. The van der Waals surface area contributed by atoms with E-state index in [2.05, 4.69) is 15.5 Å². The number of carbonyl (C=O) groups is 1. The Labute approximate surface area is 142 Å². The lowest BCUT2D eigenvalue weighted by atomic mass is 10.2. The fourth-order valence-electron chi connectivity index (χ4n) is 2.02. The summed E-state index contributed by atoms with van der Waals surface area (Å²) >= 11 is 5.08. The number of thiocarbonyl (C=S) groups is 1. The minimum atomic E-state index is -0.550. The molecular formula is C16H25N3O3S. The highest BCUT2D eigenvalue weighted by Gasteiger charge is 2.11. The van der Waals surface area contributed by atoms with Crippen molar-refractivity contribution in [1.82, 2.24) is 15.5 Å². The van der Waals surface area contributed by atoms with Crippen molar-refractivity contribution >= 4 is 23.2 Å². The van der Waals surface area contributed by atoms with Gasteiger partial charge in [0.05, 0.1) is 13.2 Å². The van der Waals surface area contributed by atoms with Crippen molar-refractivity contribution in [2.75, 3.05) is 33.3 Å². The summed E-state index contributed by atoms with van der Waals surface area (Å²) in [5.41, 5.74) is 0.485. The zero-order valence-corrected chi connectivity index (χ0v) is 14.7. The van der Waals surface area contributed by atoms with Gasteiger partial charge >= 0.3 is 0 Å². The second kappa shape index (κ2) is 10.1. The van der Waals surface area contributed by atoms with E-state index in [1.807, 2.05) is 13.8 Å². The van der Waals surface area contributed by atoms with Gasteiger partial charge in [-0.1, -0.05) is 13.8 Å². The number of hydrogen-bond donors (Lipinski definition) is 3. The van der Waals surface area contributed by atoms with E-state index in [9.17, 15) is 9.90 Å². The summed E-state index contributed by atoms with van der Waals surface area (Å²) in [6, 6.07) is 6.73. The highest BCUT2D eigenvalue weighted by Crippen LogP contribution is 2.10. The van der Waals surface area contributed by atoms with E-state index in [4.69, 9.17) is 17.0 Å². The lowest BCUT2D eigenvalue weighted by Gasteiger charge is -2.22. The molecule has 0 fully saturated rings. The van der Waals surface area contributed by atoms with Gasteiger partial charge in [0.15, 0.2) is 5.11 Å². The van der Waals surface area contributed by atoms with Gasteiger partial charge in [-0.25, -0.2) is 0 Å². The topological polar surface area (TPSA) is 73.8 Å². The number of methoxy groups -OCH3 is 1. The lowest BCUT2D eigenvalue weighted by molar-refractivity contribution is 0.0974. The zero-order valence-electron chi connectivity index (χ0n) is 13.8. The summed E-state index contributed by atoms with van der Waals surface area (Å²) in [5, 5.41) is 15.6. The number of rotatable bonds is 8. The van der Waals surface area contributed by atoms with Crippen LogP contribution in [0, 0.1) is 0 Å². The molecule has 0 bridgehead atoms. The molecule has 1 amide bonds. The molecule has 0 aliphatic heterocycles. The Morgan fingerprint density at radius 3 is 2.43 bits per heavy atom. The second-order valence-corrected chi connectivity index (χ2v) is 5.44. The number of amides is 1. The molecule has 3 N–H and O–H groups in total. The van der Waals surface area contributed by atoms with E-state index in [1.165, 1.54) is 0 Å². The van der Waals surface area contributed by atoms with Gasteiger partial charge in [0.25, 0.3) is 5.91 Å². The Hall–Kier alpha value is -1.70. The van der Waals surface area contributed by atoms with Crippen LogP contribution in [0.2, 0.25) is 0 Å². The third kappa shape index (κ3) is 6.94. The molecule has 1 atom stereocenters. The monoisotopic (exact) mass is 339 g/mol. The summed E-state index contributed by atoms with van der Waals surface area (Å²) in [5.74, 6) is 0.380. The van der Waals surface area contributed by atoms with Crippen LogP contribution in [0.1, 0.15) is 24.2 Å². The Bertz CT molecular complexity index is 504. The highest BCUT2D eigenvalue weighted by atomic mass is 32.1. The SMILES string of the molecule is CCN(CC)C[C@@H](O)CNC(=S)NC(=O)c1ccc(OC)cc1. The van der Waals surface area contributed by atoms with Gasteiger partial charge in [0.1, 0.15) is 5.75 Å². The molecule has 0 aromatic heterocycles. The van der Waals surface area contributed by atoms with Gasteiger partial charge in [-0.2, -0.15) is 0 Å². The summed E-state index contributed by atoms with van der Waals surface area (Å²) in [7, 11) is 1.57. The summed E-state index contributed by atoms with van der Waals surface area (Å²) < 4.78 is 5.04. The van der Waals surface area contributed by atoms with Crippen molar-refractivity contribution in [2.45, 2.75) is 20.0 Å². The normalized spacial score (nSPS) is 11.9. The molecule has 1 rings (SSSR count). The van der Waals surface area contributed by atoms with Crippen LogP contribution in [0.5, 0.6) is 5.75 Å². The van der Waals surface area contributed by atoms with Crippen LogP contribution >= 0.6 is 12.2 Å². The number of aliphatic hydroxyl groups is 1. The maximum absolute atomic E-state index is 12.0. The average molecular weight is 339 g/mol. The second-order valence-electron chi connectivity index (χ2n) is 5.03. The van der Waals surface area contributed by atoms with Crippen LogP contribution in [-0.4, -0.2) is 60.4 Å². The minimum absolute atomic E-state index is 0.199. The van der Waals surface area contributed by atoms with Crippen LogP contribution in [-0.2, 0) is 0 Å². The van der Waals surface area contributed by atoms with E-state index in [0.29, 0.717) is 17.9 Å². The van der Waals surface area contributed by atoms with Gasteiger partial charge in [-0.05, 0) is 49.6 Å². The fourth-order valence-corrected chi connectivity index (χ4v) is 2.19. The maximum atomic E-state index is 12.0. The molecule has 128 valence electrons. The molecule has 0 unspecified atom stereocenters. The Morgan fingerprint density at radius 1 is 1.30 bits per heavy atom. The number of nitrogens with one attached hydrogen (secondary N) is 2. The van der Waals surface area contributed by atoms with Crippen LogP contribution in [0.4, 0.5) is 0 Å². The Kier molecular flexibility index (Phi) is 8.53. The van der Waals surface area contributed by atoms with Crippen molar-refractivity contribution in [2.24, 2.45) is 0 Å². The van der Waals surface area contributed by atoms with Crippen LogP contribution in [0.15, 0.2) is 24.3 Å². The summed E-state index contributed by atoms with van der Waals surface area (Å²) in [4.78, 5) is 14.1. The third-order valence-electron chi connectivity index (χ3n) is 3.44. The van der Waals surface area contributed by atoms with Crippen LogP contribution in [0.25, 0.3) is 0 Å². The minimum Gasteiger partial charge on any atom is -0.497 e. The highest BCUT2D eigenvalue weighted by molar-refractivity contribution is 7.80. The average Bonchev–Trinajstić information content (AvgIpc) is 2.57. The number of benzene rings is 1. The van der Waals surface area contributed by atoms with Gasteiger partial charge in [-0.3, -0.25) is 10.1 Å². The summed E-state index contributed by atoms with van der Waals surface area (Å²) in [6.45, 7) is 6.71. The number of nitrogens with zero attached hydrogens (tertiary/aromatic N) is 1. The third-order valence-corrected chi connectivity index (χ3v) is 3.69. The standard InChI is InChI=1S/C16H25N3O3S/c1-4-19(5-2)11-13(20)10-17-16(23)18-15(21)12-6-8-14(22-3)9-7-12/h6-9,13,20H,4-5,10-11H2,1-3H3,(H2,17,18,21,23)/t13-/m0/s1. The van der Waals surface area contributed by atoms with E-state index in [-0.39, 0.29) is 17.6 Å². The first-order valence-corrected chi connectivity index (χ1v) is 8.04. The lowest BCUT2D eigenvalue weighted by Crippen LogP contribution is -2.45. The molecule has 0 aliphatic rings. The van der Waals surface area contributed by atoms with Crippen molar-refractivity contribution in [1.29, 1.82) is 0 Å². The molecule has 6 nitrogen and oxygen atoms in total. The molecule has 1 aromatic carbocycles. The number of likely N-dealkylation sites (N-methyl/N-ethyl adjacent to an activating group) is 1. The van der Waals surface area contributed by atoms with Crippen LogP contribution < -0.4 is 15.4 Å². The van der Waals surface area contributed by atoms with Crippen molar-refractivity contribution in [3.8, 4) is 5.75 Å². The number of aliphatic hydroxyl groups excluding tert-OH is 1. The Morgan fingerprint density at radius 2 is 1.91 bits per heavy atom. The largest absolute Gasteiger partial charge is 0.497 e. The zero-order chi connectivity index (χ0) is 17.2. The molecular weight excluding hydrogens is 314 g/mol. The van der Waals surface area contributed by atoms with Gasteiger partial charge in [-0.15, -0.1) is 0 Å². The van der Waals surface area contributed by atoms with E-state index in [0.717, 1.165) is 13.1 Å². The number of hydrogen-bond acceptors (Lipinski definition) is 5. The quantitative estimate of drug-likeness (QED) is 0.614. The van der Waals surface area contributed by atoms with Crippen LogP contribution in [0.3, 0.4) is 0 Å². The molecule has 0 radical (unpaired) electrons. The fraction of sp³-hybridized carbons (Fsp3) is 0.500. The first kappa shape index (κ1) is 19.3. The molecule has 0 saturated heterocycles. The van der Waals surface area contributed by atoms with E-state index < -0.39 is 6.10 Å². The number of ether oxygens (including phenoxy) is 1. The van der Waals surface area contributed by atoms with E-state index >= 15 is 0 Å². The van der Waals surface area contributed by atoms with Gasteiger partial charge in [0.2, 0.25) is 0 Å². The van der Waals surface area contributed by atoms with Crippen molar-refractivity contribution in [3.05, 3.63) is 29.8 Å². The first-order chi connectivity index (χ1) is 11.0. The van der Waals surface area contributed by atoms with Crippen molar-refractivity contribution < 1.29 is 14.6 Å². The molecule has 1 aromatic rings. The van der Waals surface area contributed by atoms with Gasteiger partial charge in [0, 0.05) is 18.7 Å². The predicted molar refractivity (Wildman–Crippen MR) is 94.9 cm³/mol. The molecule has 0 heterocycles. The number of carbonyl (C=O) groups excluding carboxylic acids is 1. The molecule has 0 spiro atoms. The molecule has 7 heteroatoms. The van der Waals surface area contributed by atoms with Gasteiger partial charge < -0.3 is 20.1 Å². The molecule has 0 aliphatic carbocycles. The maximum Gasteiger partial charge on any atom is 0.257 e. The van der Waals surface area contributed by atoms with Crippen molar-refractivity contribution in [3.63, 3.8) is 0 Å². The predicted octanol–water partition coefficient (Wildman–Crippen LogP) is 1.00. The smallest absolute Gasteiger partial charge is 0.257 e. The summed E-state index contributed by atoms with van der Waals surface area (Å²) in [6.07, 6.45) is -0.550.